The van der Waals surface area contributed by atoms with Gasteiger partial charge in [0.1, 0.15) is 19.0 Å². The number of esters is 1. The second-order valence-corrected chi connectivity index (χ2v) is 11.3. The zero-order chi connectivity index (χ0) is 35.6. The number of carbonyl (C=O) groups excluding carboxylic acids is 1. The smallest absolute Gasteiger partial charge is 0.330 e. The molecule has 4 aromatic rings. The van der Waals surface area contributed by atoms with E-state index in [1.165, 1.54) is 18.4 Å². The third kappa shape index (κ3) is 12.2. The third-order valence-corrected chi connectivity index (χ3v) is 7.48. The normalized spacial score (nSPS) is 11.2. The first-order valence-electron chi connectivity index (χ1n) is 16.5. The molecular weight excluding hydrogens is 626 g/mol. The van der Waals surface area contributed by atoms with Gasteiger partial charge in [0.05, 0.1) is 47.2 Å². The molecule has 0 saturated carbocycles. The molecule has 256 valence electrons. The summed E-state index contributed by atoms with van der Waals surface area (Å²) in [4.78, 5) is 13.5. The maximum Gasteiger partial charge on any atom is 0.330 e. The monoisotopic (exact) mass is 669 g/mol. The van der Waals surface area contributed by atoms with Crippen molar-refractivity contribution >= 4 is 45.8 Å². The summed E-state index contributed by atoms with van der Waals surface area (Å²) in [6.07, 6.45) is 6.15. The fraction of sp³-hybridized carbons (Fsp3) is 0.225. The van der Waals surface area contributed by atoms with Gasteiger partial charge in [0.2, 0.25) is 0 Å². The highest BCUT2D eigenvalue weighted by atomic mass is 16.5. The van der Waals surface area contributed by atoms with Crippen LogP contribution >= 0.6 is 0 Å². The van der Waals surface area contributed by atoms with Crippen LogP contribution in [0.15, 0.2) is 159 Å². The van der Waals surface area contributed by atoms with Crippen molar-refractivity contribution in [1.29, 1.82) is 0 Å². The van der Waals surface area contributed by atoms with Gasteiger partial charge in [-0.05, 0) is 116 Å². The van der Waals surface area contributed by atoms with Crippen LogP contribution in [-0.4, -0.2) is 32.3 Å². The first kappa shape index (κ1) is 36.8. The van der Waals surface area contributed by atoms with Crippen molar-refractivity contribution in [2.45, 2.75) is 33.1 Å². The second kappa shape index (κ2) is 19.7. The summed E-state index contributed by atoms with van der Waals surface area (Å²) in [6.45, 7) is 16.6. The molecule has 0 N–H and O–H groups in total. The van der Waals surface area contributed by atoms with Crippen LogP contribution in [0.25, 0.3) is 0 Å². The zero-order valence-corrected chi connectivity index (χ0v) is 28.7. The lowest BCUT2D eigenvalue weighted by Gasteiger charge is -2.24. The summed E-state index contributed by atoms with van der Waals surface area (Å²) in [6, 6.07) is 28.9. The lowest BCUT2D eigenvalue weighted by atomic mass is 10.1. The Bertz CT molecular complexity index is 1790. The summed E-state index contributed by atoms with van der Waals surface area (Å²) < 4.78 is 10.7. The van der Waals surface area contributed by atoms with Crippen molar-refractivity contribution in [1.82, 2.24) is 0 Å². The first-order chi connectivity index (χ1) is 24.4. The highest BCUT2D eigenvalue weighted by Crippen LogP contribution is 2.29. The molecule has 0 fully saturated rings. The topological polar surface area (TPSA) is 113 Å². The molecule has 0 aromatic heterocycles. The minimum atomic E-state index is -0.465. The van der Waals surface area contributed by atoms with Crippen LogP contribution in [0.2, 0.25) is 0 Å². The summed E-state index contributed by atoms with van der Waals surface area (Å²) in [5.74, 6) is 0.0298. The molecule has 0 bridgehead atoms. The number of hydrogen-bond donors (Lipinski definition) is 0. The van der Waals surface area contributed by atoms with E-state index in [2.05, 4.69) is 69.5 Å². The van der Waals surface area contributed by atoms with E-state index in [1.54, 1.807) is 6.08 Å². The Labute approximate surface area is 294 Å². The number of azo groups is 3. The molecule has 0 radical (unpaired) electrons. The number of unbranched alkanes of at least 4 members (excludes halogenated alkanes) is 1. The number of carbonyl (C=O) groups is 1. The van der Waals surface area contributed by atoms with Gasteiger partial charge in [-0.15, -0.1) is 0 Å². The van der Waals surface area contributed by atoms with Gasteiger partial charge in [-0.25, -0.2) is 4.79 Å². The predicted molar refractivity (Wildman–Crippen MR) is 200 cm³/mol. The fourth-order valence-corrected chi connectivity index (χ4v) is 4.61. The van der Waals surface area contributed by atoms with Gasteiger partial charge in [0.25, 0.3) is 0 Å². The maximum atomic E-state index is 11.5. The SMILES string of the molecule is C=CC(=C)OCCN(CCOC(=O)C=C)c1ccc(N=Nc2ccc(N=Nc3ccc(N=Nc4ccc(CCCC)cc4)cc3)c(C)c2)cc1. The maximum absolute atomic E-state index is 11.5. The molecule has 0 spiro atoms. The van der Waals surface area contributed by atoms with Gasteiger partial charge in [0, 0.05) is 11.8 Å². The minimum absolute atomic E-state index is 0.206. The number of rotatable bonds is 19. The molecule has 0 atom stereocenters. The van der Waals surface area contributed by atoms with Gasteiger partial charge in [-0.3, -0.25) is 0 Å². The van der Waals surface area contributed by atoms with Crippen molar-refractivity contribution in [2.75, 3.05) is 31.2 Å². The predicted octanol–water partition coefficient (Wildman–Crippen LogP) is 11.8. The van der Waals surface area contributed by atoms with Gasteiger partial charge in [-0.1, -0.05) is 45.2 Å². The molecule has 0 aliphatic carbocycles. The number of nitrogens with zero attached hydrogens (tertiary/aromatic N) is 7. The number of aryl methyl sites for hydroxylation is 2. The van der Waals surface area contributed by atoms with Crippen molar-refractivity contribution in [3.8, 4) is 0 Å². The number of hydrogen-bond acceptors (Lipinski definition) is 10. The Morgan fingerprint density at radius 1 is 0.680 bits per heavy atom. The van der Waals surface area contributed by atoms with E-state index in [0.717, 1.165) is 40.8 Å². The second-order valence-electron chi connectivity index (χ2n) is 11.3. The first-order valence-corrected chi connectivity index (χ1v) is 16.5. The molecule has 0 heterocycles. The lowest BCUT2D eigenvalue weighted by Crippen LogP contribution is -2.31. The Morgan fingerprint density at radius 3 is 1.72 bits per heavy atom. The van der Waals surface area contributed by atoms with Crippen molar-refractivity contribution < 1.29 is 14.3 Å². The van der Waals surface area contributed by atoms with Crippen molar-refractivity contribution in [3.63, 3.8) is 0 Å². The van der Waals surface area contributed by atoms with Crippen LogP contribution in [-0.2, 0) is 20.7 Å². The largest absolute Gasteiger partial charge is 0.492 e. The molecule has 10 heteroatoms. The Morgan fingerprint density at radius 2 is 1.18 bits per heavy atom. The number of ether oxygens (including phenoxy) is 2. The van der Waals surface area contributed by atoms with Crippen LogP contribution in [0.4, 0.5) is 39.8 Å². The molecule has 4 aromatic carbocycles. The number of allylic oxidation sites excluding steroid dienone is 1. The molecule has 10 nitrogen and oxygen atoms in total. The van der Waals surface area contributed by atoms with Crippen molar-refractivity contribution in [2.24, 2.45) is 30.7 Å². The van der Waals surface area contributed by atoms with Gasteiger partial charge in [-0.2, -0.15) is 30.7 Å². The molecule has 0 aliphatic rings. The highest BCUT2D eigenvalue weighted by molar-refractivity contribution is 5.81. The highest BCUT2D eigenvalue weighted by Gasteiger charge is 2.09. The molecular formula is C40H43N7O3. The number of benzene rings is 4. The van der Waals surface area contributed by atoms with E-state index in [-0.39, 0.29) is 6.61 Å². The van der Waals surface area contributed by atoms with Crippen LogP contribution in [0.3, 0.4) is 0 Å². The van der Waals surface area contributed by atoms with E-state index >= 15 is 0 Å². The summed E-state index contributed by atoms with van der Waals surface area (Å²) in [5, 5.41) is 26.3. The average Bonchev–Trinajstić information content (AvgIpc) is 3.15. The van der Waals surface area contributed by atoms with Gasteiger partial charge in [0.15, 0.2) is 0 Å². The molecule has 0 unspecified atom stereocenters. The zero-order valence-electron chi connectivity index (χ0n) is 28.7. The quantitative estimate of drug-likeness (QED) is 0.0325. The molecule has 0 saturated heterocycles. The Balaban J connectivity index is 1.32. The molecule has 4 rings (SSSR count). The standard InChI is InChI=1S/C40H43N7O3/c1-6-9-10-32-11-13-33(14-12-32)41-42-34-15-17-35(18-16-34)44-46-39-24-21-37(29-30(39)4)45-43-36-19-22-38(23-20-36)47(25-27-49-31(5)7-2)26-28-50-40(48)8-3/h7-8,11-24,29H,2-3,5-6,9-10,25-28H2,1,4H3. The summed E-state index contributed by atoms with van der Waals surface area (Å²) >= 11 is 0. The van der Waals surface area contributed by atoms with Crippen LogP contribution in [0.1, 0.15) is 30.9 Å². The van der Waals surface area contributed by atoms with E-state index in [0.29, 0.717) is 42.5 Å². The Kier molecular flexibility index (Phi) is 14.5. The molecule has 50 heavy (non-hydrogen) atoms. The van der Waals surface area contributed by atoms with Crippen LogP contribution < -0.4 is 4.90 Å². The van der Waals surface area contributed by atoms with E-state index in [4.69, 9.17) is 9.47 Å². The van der Waals surface area contributed by atoms with Crippen LogP contribution in [0.5, 0.6) is 0 Å². The van der Waals surface area contributed by atoms with Gasteiger partial charge < -0.3 is 14.4 Å². The number of anilines is 1. The van der Waals surface area contributed by atoms with Gasteiger partial charge >= 0.3 is 5.97 Å². The summed E-state index contributed by atoms with van der Waals surface area (Å²) in [7, 11) is 0. The lowest BCUT2D eigenvalue weighted by molar-refractivity contribution is -0.137. The Hall–Kier alpha value is -6.03. The van der Waals surface area contributed by atoms with E-state index in [1.807, 2.05) is 90.7 Å². The van der Waals surface area contributed by atoms with Crippen LogP contribution in [0, 0.1) is 6.92 Å². The molecule has 0 aliphatic heterocycles. The van der Waals surface area contributed by atoms with E-state index in [9.17, 15) is 4.79 Å². The van der Waals surface area contributed by atoms with E-state index < -0.39 is 5.97 Å². The average molecular weight is 670 g/mol. The minimum Gasteiger partial charge on any atom is -0.492 e. The molecule has 0 amide bonds. The third-order valence-electron chi connectivity index (χ3n) is 7.48. The fourth-order valence-electron chi connectivity index (χ4n) is 4.61. The van der Waals surface area contributed by atoms with Crippen molar-refractivity contribution in [3.05, 3.63) is 140 Å². The summed E-state index contributed by atoms with van der Waals surface area (Å²) in [5.41, 5.74) is 7.54.